The largest absolute Gasteiger partial charge is 0.352 e. The Hall–Kier alpha value is -1.62. The Morgan fingerprint density at radius 1 is 1.35 bits per heavy atom. The molecule has 0 aliphatic carbocycles. The van der Waals surface area contributed by atoms with E-state index < -0.39 is 0 Å². The quantitative estimate of drug-likeness (QED) is 0.944. The summed E-state index contributed by atoms with van der Waals surface area (Å²) in [6.45, 7) is 4.78. The van der Waals surface area contributed by atoms with Crippen molar-refractivity contribution in [2.45, 2.75) is 26.2 Å². The number of piperidine rings is 1. The van der Waals surface area contributed by atoms with Gasteiger partial charge in [0.25, 0.3) is 5.91 Å². The molecule has 4 nitrogen and oxygen atoms in total. The van der Waals surface area contributed by atoms with Crippen LogP contribution in [0.25, 0.3) is 10.2 Å². The number of hydrogen-bond donors (Lipinski definition) is 1. The number of hydrogen-bond acceptors (Lipinski definition) is 4. The van der Waals surface area contributed by atoms with E-state index in [0.29, 0.717) is 12.1 Å². The molecule has 0 atom stereocenters. The standard InChI is InChI=1S/C15H19N3OS/c1-2-16-14(19)11-6-7-12-13(10-11)20-15(17-12)18-8-4-3-5-9-18/h6-7,10H,2-5,8-9H2,1H3,(H,16,19). The van der Waals surface area contributed by atoms with Gasteiger partial charge in [0.05, 0.1) is 10.2 Å². The van der Waals surface area contributed by atoms with Gasteiger partial charge >= 0.3 is 0 Å². The van der Waals surface area contributed by atoms with Crippen LogP contribution in [0.1, 0.15) is 36.5 Å². The van der Waals surface area contributed by atoms with Crippen molar-refractivity contribution in [1.29, 1.82) is 0 Å². The van der Waals surface area contributed by atoms with Crippen LogP contribution in [0.5, 0.6) is 0 Å². The Labute approximate surface area is 122 Å². The van der Waals surface area contributed by atoms with Crippen LogP contribution in [0.3, 0.4) is 0 Å². The topological polar surface area (TPSA) is 45.2 Å². The van der Waals surface area contributed by atoms with Crippen LogP contribution < -0.4 is 10.2 Å². The van der Waals surface area contributed by atoms with Gasteiger partial charge in [0.15, 0.2) is 5.13 Å². The van der Waals surface area contributed by atoms with Crippen LogP contribution >= 0.6 is 11.3 Å². The average molecular weight is 289 g/mol. The lowest BCUT2D eigenvalue weighted by Gasteiger charge is -2.25. The first-order chi connectivity index (χ1) is 9.78. The highest BCUT2D eigenvalue weighted by Gasteiger charge is 2.15. The summed E-state index contributed by atoms with van der Waals surface area (Å²) in [5.74, 6) is -0.0117. The number of carbonyl (C=O) groups excluding carboxylic acids is 1. The lowest BCUT2D eigenvalue weighted by atomic mass is 10.1. The first kappa shape index (κ1) is 13.4. The number of thiazole rings is 1. The molecule has 0 unspecified atom stereocenters. The smallest absolute Gasteiger partial charge is 0.251 e. The number of fused-ring (bicyclic) bond motifs is 1. The average Bonchev–Trinajstić information content (AvgIpc) is 2.91. The molecule has 1 aliphatic heterocycles. The Bertz CT molecular complexity index is 617. The molecule has 1 aliphatic rings. The molecule has 1 aromatic heterocycles. The molecule has 1 amide bonds. The lowest BCUT2D eigenvalue weighted by Crippen LogP contribution is -2.29. The van der Waals surface area contributed by atoms with E-state index in [0.717, 1.165) is 28.4 Å². The second-order valence-electron chi connectivity index (χ2n) is 5.09. The summed E-state index contributed by atoms with van der Waals surface area (Å²) >= 11 is 1.69. The van der Waals surface area contributed by atoms with Crippen LogP contribution in [0, 0.1) is 0 Å². The van der Waals surface area contributed by atoms with Crippen LogP contribution in [0.2, 0.25) is 0 Å². The summed E-state index contributed by atoms with van der Waals surface area (Å²) in [5.41, 5.74) is 1.71. The maximum atomic E-state index is 11.9. The van der Waals surface area contributed by atoms with Crippen molar-refractivity contribution in [3.05, 3.63) is 23.8 Å². The van der Waals surface area contributed by atoms with Gasteiger partial charge in [0, 0.05) is 25.2 Å². The van der Waals surface area contributed by atoms with Gasteiger partial charge < -0.3 is 10.2 Å². The maximum absolute atomic E-state index is 11.9. The van der Waals surface area contributed by atoms with Gasteiger partial charge in [-0.1, -0.05) is 11.3 Å². The minimum Gasteiger partial charge on any atom is -0.352 e. The highest BCUT2D eigenvalue weighted by Crippen LogP contribution is 2.31. The van der Waals surface area contributed by atoms with Gasteiger partial charge in [-0.15, -0.1) is 0 Å². The number of aromatic nitrogens is 1. The first-order valence-corrected chi connectivity index (χ1v) is 8.03. The normalized spacial score (nSPS) is 15.6. The second-order valence-corrected chi connectivity index (χ2v) is 6.10. The van der Waals surface area contributed by atoms with Crippen molar-refractivity contribution in [1.82, 2.24) is 10.3 Å². The van der Waals surface area contributed by atoms with E-state index in [2.05, 4.69) is 10.2 Å². The van der Waals surface area contributed by atoms with E-state index in [1.165, 1.54) is 19.3 Å². The Kier molecular flexibility index (Phi) is 3.87. The fourth-order valence-electron chi connectivity index (χ4n) is 2.54. The predicted molar refractivity (Wildman–Crippen MR) is 83.7 cm³/mol. The van der Waals surface area contributed by atoms with Gasteiger partial charge in [-0.2, -0.15) is 0 Å². The summed E-state index contributed by atoms with van der Waals surface area (Å²) < 4.78 is 1.09. The van der Waals surface area contributed by atoms with E-state index in [1.54, 1.807) is 11.3 Å². The molecular weight excluding hydrogens is 270 g/mol. The van der Waals surface area contributed by atoms with Gasteiger partial charge in [-0.3, -0.25) is 4.79 Å². The molecule has 1 N–H and O–H groups in total. The van der Waals surface area contributed by atoms with E-state index in [9.17, 15) is 4.79 Å². The molecule has 0 spiro atoms. The third kappa shape index (κ3) is 2.63. The molecule has 5 heteroatoms. The second kappa shape index (κ2) is 5.79. The molecule has 0 saturated carbocycles. The van der Waals surface area contributed by atoms with Gasteiger partial charge in [0.2, 0.25) is 0 Å². The van der Waals surface area contributed by atoms with Crippen LogP contribution in [0.4, 0.5) is 5.13 Å². The fourth-order valence-corrected chi connectivity index (χ4v) is 3.59. The minimum atomic E-state index is -0.0117. The number of anilines is 1. The molecule has 2 aromatic rings. The SMILES string of the molecule is CCNC(=O)c1ccc2nc(N3CCCCC3)sc2c1. The molecule has 1 aromatic carbocycles. The predicted octanol–water partition coefficient (Wildman–Crippen LogP) is 3.04. The van der Waals surface area contributed by atoms with E-state index in [1.807, 2.05) is 25.1 Å². The van der Waals surface area contributed by atoms with E-state index in [4.69, 9.17) is 4.98 Å². The van der Waals surface area contributed by atoms with Crippen LogP contribution in [-0.2, 0) is 0 Å². The monoisotopic (exact) mass is 289 g/mol. The zero-order chi connectivity index (χ0) is 13.9. The van der Waals surface area contributed by atoms with Gasteiger partial charge in [-0.25, -0.2) is 4.98 Å². The zero-order valence-corrected chi connectivity index (χ0v) is 12.5. The highest BCUT2D eigenvalue weighted by atomic mass is 32.1. The van der Waals surface area contributed by atoms with Crippen molar-refractivity contribution in [3.8, 4) is 0 Å². The number of nitrogens with one attached hydrogen (secondary N) is 1. The first-order valence-electron chi connectivity index (χ1n) is 7.21. The number of rotatable bonds is 3. The Balaban J connectivity index is 1.88. The number of amides is 1. The van der Waals surface area contributed by atoms with Crippen molar-refractivity contribution in [3.63, 3.8) is 0 Å². The summed E-state index contributed by atoms with van der Waals surface area (Å²) in [6, 6.07) is 5.75. The highest BCUT2D eigenvalue weighted by molar-refractivity contribution is 7.22. The molecule has 3 rings (SSSR count). The summed E-state index contributed by atoms with van der Waals surface area (Å²) in [7, 11) is 0. The van der Waals surface area contributed by atoms with Gasteiger partial charge in [0.1, 0.15) is 0 Å². The molecule has 106 valence electrons. The van der Waals surface area contributed by atoms with Crippen LogP contribution in [-0.4, -0.2) is 30.5 Å². The molecule has 2 heterocycles. The summed E-state index contributed by atoms with van der Waals surface area (Å²) in [6.07, 6.45) is 3.82. The summed E-state index contributed by atoms with van der Waals surface area (Å²) in [5, 5.41) is 3.92. The Morgan fingerprint density at radius 2 is 2.15 bits per heavy atom. The third-order valence-electron chi connectivity index (χ3n) is 3.60. The van der Waals surface area contributed by atoms with Gasteiger partial charge in [-0.05, 0) is 44.4 Å². The summed E-state index contributed by atoms with van der Waals surface area (Å²) in [4.78, 5) is 18.9. The third-order valence-corrected chi connectivity index (χ3v) is 4.68. The fraction of sp³-hybridized carbons (Fsp3) is 0.467. The Morgan fingerprint density at radius 3 is 2.90 bits per heavy atom. The van der Waals surface area contributed by atoms with Crippen molar-refractivity contribution < 1.29 is 4.79 Å². The molecular formula is C15H19N3OS. The van der Waals surface area contributed by atoms with E-state index in [-0.39, 0.29) is 5.91 Å². The molecule has 0 radical (unpaired) electrons. The van der Waals surface area contributed by atoms with Crippen molar-refractivity contribution in [2.24, 2.45) is 0 Å². The molecule has 1 saturated heterocycles. The van der Waals surface area contributed by atoms with E-state index >= 15 is 0 Å². The van der Waals surface area contributed by atoms with Crippen molar-refractivity contribution in [2.75, 3.05) is 24.5 Å². The molecule has 20 heavy (non-hydrogen) atoms. The minimum absolute atomic E-state index is 0.0117. The molecule has 1 fully saturated rings. The van der Waals surface area contributed by atoms with Crippen molar-refractivity contribution >= 4 is 32.6 Å². The van der Waals surface area contributed by atoms with Crippen LogP contribution in [0.15, 0.2) is 18.2 Å². The molecule has 0 bridgehead atoms. The number of nitrogens with zero attached hydrogens (tertiary/aromatic N) is 2. The lowest BCUT2D eigenvalue weighted by molar-refractivity contribution is 0.0956. The maximum Gasteiger partial charge on any atom is 0.251 e. The zero-order valence-electron chi connectivity index (χ0n) is 11.7. The number of carbonyl (C=O) groups is 1. The number of benzene rings is 1.